The van der Waals surface area contributed by atoms with Crippen molar-refractivity contribution < 1.29 is 8.42 Å². The molecule has 7 heteroatoms. The fraction of sp³-hybridized carbons (Fsp3) is 0.250. The van der Waals surface area contributed by atoms with Gasteiger partial charge in [-0.2, -0.15) is 0 Å². The number of fused-ring (bicyclic) bond motifs is 1. The molecule has 0 aliphatic carbocycles. The van der Waals surface area contributed by atoms with Crippen LogP contribution in [-0.2, 0) is 15.4 Å². The van der Waals surface area contributed by atoms with Gasteiger partial charge in [0.25, 0.3) is 10.0 Å². The van der Waals surface area contributed by atoms with Crippen molar-refractivity contribution in [3.05, 3.63) is 70.9 Å². The predicted molar refractivity (Wildman–Crippen MR) is 128 cm³/mol. The highest BCUT2D eigenvalue weighted by molar-refractivity contribution is 7.92. The van der Waals surface area contributed by atoms with E-state index in [-0.39, 0.29) is 10.3 Å². The first-order valence-electron chi connectivity index (χ1n) is 9.99. The van der Waals surface area contributed by atoms with Crippen LogP contribution in [0.25, 0.3) is 21.3 Å². The van der Waals surface area contributed by atoms with Gasteiger partial charge in [0.2, 0.25) is 0 Å². The van der Waals surface area contributed by atoms with Gasteiger partial charge in [-0.3, -0.25) is 4.72 Å². The summed E-state index contributed by atoms with van der Waals surface area (Å²) in [5.74, 6) is 0.294. The van der Waals surface area contributed by atoms with E-state index >= 15 is 0 Å². The number of thiophene rings is 1. The zero-order valence-electron chi connectivity index (χ0n) is 18.2. The Hall–Kier alpha value is -2.77. The fourth-order valence-corrected chi connectivity index (χ4v) is 5.65. The number of nitrogens with one attached hydrogen (secondary N) is 1. The van der Waals surface area contributed by atoms with Gasteiger partial charge in [-0.1, -0.05) is 62.7 Å². The number of rotatable bonds is 4. The van der Waals surface area contributed by atoms with Crippen molar-refractivity contribution in [1.29, 1.82) is 0 Å². The molecule has 0 aliphatic heterocycles. The Morgan fingerprint density at radius 1 is 0.968 bits per heavy atom. The summed E-state index contributed by atoms with van der Waals surface area (Å²) in [5.41, 5.74) is 4.56. The zero-order chi connectivity index (χ0) is 22.4. The molecular formula is C24H25N3O2S2. The number of aromatic nitrogens is 2. The normalized spacial score (nSPS) is 12.3. The van der Waals surface area contributed by atoms with Crippen LogP contribution in [0, 0.1) is 13.8 Å². The quantitative estimate of drug-likeness (QED) is 0.408. The lowest BCUT2D eigenvalue weighted by Crippen LogP contribution is -2.18. The van der Waals surface area contributed by atoms with E-state index in [9.17, 15) is 8.42 Å². The number of benzene rings is 2. The van der Waals surface area contributed by atoms with E-state index in [1.165, 1.54) is 17.7 Å². The Bertz CT molecular complexity index is 1370. The Labute approximate surface area is 187 Å². The summed E-state index contributed by atoms with van der Waals surface area (Å²) in [6.45, 7) is 10.0. The molecule has 5 nitrogen and oxygen atoms in total. The first kappa shape index (κ1) is 21.5. The lowest BCUT2D eigenvalue weighted by molar-refractivity contribution is 0.584. The molecule has 0 bridgehead atoms. The molecule has 0 aliphatic rings. The highest BCUT2D eigenvalue weighted by Crippen LogP contribution is 2.37. The van der Waals surface area contributed by atoms with Crippen LogP contribution in [-0.4, -0.2) is 18.4 Å². The van der Waals surface area contributed by atoms with Crippen molar-refractivity contribution in [3.8, 4) is 11.1 Å². The van der Waals surface area contributed by atoms with Gasteiger partial charge in [0, 0.05) is 10.9 Å². The van der Waals surface area contributed by atoms with Crippen LogP contribution >= 0.6 is 11.3 Å². The molecule has 0 saturated heterocycles. The average Bonchev–Trinajstić information content (AvgIpc) is 3.13. The third-order valence-corrected chi connectivity index (χ3v) is 7.67. The van der Waals surface area contributed by atoms with Gasteiger partial charge < -0.3 is 0 Å². The average molecular weight is 452 g/mol. The summed E-state index contributed by atoms with van der Waals surface area (Å²) in [5, 5.41) is 2.71. The maximum absolute atomic E-state index is 13.4. The van der Waals surface area contributed by atoms with E-state index in [1.54, 1.807) is 13.0 Å². The third kappa shape index (κ3) is 4.20. The Morgan fingerprint density at radius 3 is 2.35 bits per heavy atom. The van der Waals surface area contributed by atoms with Gasteiger partial charge in [-0.15, -0.1) is 11.3 Å². The topological polar surface area (TPSA) is 72.0 Å². The van der Waals surface area contributed by atoms with E-state index in [4.69, 9.17) is 0 Å². The van der Waals surface area contributed by atoms with Gasteiger partial charge in [0.15, 0.2) is 5.82 Å². The maximum atomic E-state index is 13.4. The lowest BCUT2D eigenvalue weighted by atomic mass is 9.87. The smallest absolute Gasteiger partial charge is 0.263 e. The lowest BCUT2D eigenvalue weighted by Gasteiger charge is -2.21. The highest BCUT2D eigenvalue weighted by Gasteiger charge is 2.24. The maximum Gasteiger partial charge on any atom is 0.263 e. The number of aryl methyl sites for hydroxylation is 2. The summed E-state index contributed by atoms with van der Waals surface area (Å²) < 4.78 is 29.5. The van der Waals surface area contributed by atoms with Crippen molar-refractivity contribution in [2.24, 2.45) is 0 Å². The van der Waals surface area contributed by atoms with Crippen molar-refractivity contribution >= 4 is 37.4 Å². The van der Waals surface area contributed by atoms with Gasteiger partial charge in [0.1, 0.15) is 11.2 Å². The van der Waals surface area contributed by atoms with Crippen LogP contribution in [0.1, 0.15) is 37.5 Å². The molecule has 1 N–H and O–H groups in total. The van der Waals surface area contributed by atoms with Crippen molar-refractivity contribution in [3.63, 3.8) is 0 Å². The molecule has 0 unspecified atom stereocenters. The standard InChI is InChI=1S/C24H25N3O2S2/c1-15-6-9-17(10-7-15)19-13-30-23-21(19)22(25-14-26-23)27-31(28,29)20-12-18(24(3,4)5)11-8-16(20)2/h6-14H,1-5H3,(H,25,26,27). The largest absolute Gasteiger partial charge is 0.263 e. The van der Waals surface area contributed by atoms with E-state index in [0.29, 0.717) is 16.8 Å². The molecule has 4 aromatic rings. The van der Waals surface area contributed by atoms with Crippen molar-refractivity contribution in [2.75, 3.05) is 4.72 Å². The highest BCUT2D eigenvalue weighted by atomic mass is 32.2. The summed E-state index contributed by atoms with van der Waals surface area (Å²) >= 11 is 1.47. The molecule has 0 spiro atoms. The minimum Gasteiger partial charge on any atom is -0.263 e. The van der Waals surface area contributed by atoms with Crippen LogP contribution in [0.3, 0.4) is 0 Å². The first-order chi connectivity index (χ1) is 14.6. The van der Waals surface area contributed by atoms with Gasteiger partial charge in [-0.25, -0.2) is 18.4 Å². The number of hydrogen-bond acceptors (Lipinski definition) is 5. The zero-order valence-corrected chi connectivity index (χ0v) is 19.9. The number of hydrogen-bond donors (Lipinski definition) is 1. The molecule has 0 radical (unpaired) electrons. The Morgan fingerprint density at radius 2 is 1.68 bits per heavy atom. The molecule has 2 aromatic heterocycles. The summed E-state index contributed by atoms with van der Waals surface area (Å²) in [7, 11) is -3.84. The Kier molecular flexibility index (Phi) is 5.35. The Balaban J connectivity index is 1.82. The minimum absolute atomic E-state index is 0.161. The first-order valence-corrected chi connectivity index (χ1v) is 12.4. The number of anilines is 1. The third-order valence-electron chi connectivity index (χ3n) is 5.31. The molecule has 160 valence electrons. The van der Waals surface area contributed by atoms with Crippen LogP contribution < -0.4 is 4.72 Å². The second-order valence-electron chi connectivity index (χ2n) is 8.75. The van der Waals surface area contributed by atoms with Crippen molar-refractivity contribution in [1.82, 2.24) is 9.97 Å². The molecule has 4 rings (SSSR count). The molecule has 0 amide bonds. The summed E-state index contributed by atoms with van der Waals surface area (Å²) in [4.78, 5) is 9.65. The van der Waals surface area contributed by atoms with Crippen LogP contribution in [0.15, 0.2) is 59.1 Å². The van der Waals surface area contributed by atoms with Crippen LogP contribution in [0.2, 0.25) is 0 Å². The van der Waals surface area contributed by atoms with Gasteiger partial charge >= 0.3 is 0 Å². The summed E-state index contributed by atoms with van der Waals surface area (Å²) in [6, 6.07) is 13.7. The predicted octanol–water partition coefficient (Wildman–Crippen LogP) is 6.07. The van der Waals surface area contributed by atoms with E-state index < -0.39 is 10.0 Å². The van der Waals surface area contributed by atoms with Crippen molar-refractivity contribution in [2.45, 2.75) is 44.9 Å². The molecule has 0 atom stereocenters. The molecule has 2 aromatic carbocycles. The van der Waals surface area contributed by atoms with E-state index in [2.05, 4.69) is 35.5 Å². The monoisotopic (exact) mass is 451 g/mol. The number of nitrogens with zero attached hydrogens (tertiary/aromatic N) is 2. The second-order valence-corrected chi connectivity index (χ2v) is 11.3. The molecular weight excluding hydrogens is 426 g/mol. The van der Waals surface area contributed by atoms with Gasteiger partial charge in [0.05, 0.1) is 10.3 Å². The van der Waals surface area contributed by atoms with Crippen LogP contribution in [0.5, 0.6) is 0 Å². The van der Waals surface area contributed by atoms with E-state index in [1.807, 2.05) is 48.7 Å². The van der Waals surface area contributed by atoms with Crippen LogP contribution in [0.4, 0.5) is 5.82 Å². The fourth-order valence-electron chi connectivity index (χ4n) is 3.44. The molecule has 2 heterocycles. The summed E-state index contributed by atoms with van der Waals surface area (Å²) in [6.07, 6.45) is 1.40. The minimum atomic E-state index is -3.84. The van der Waals surface area contributed by atoms with E-state index in [0.717, 1.165) is 27.1 Å². The molecule has 0 fully saturated rings. The van der Waals surface area contributed by atoms with Gasteiger partial charge in [-0.05, 0) is 42.0 Å². The number of sulfonamides is 1. The molecule has 31 heavy (non-hydrogen) atoms. The second kappa shape index (κ2) is 7.73. The SMILES string of the molecule is Cc1ccc(-c2csc3ncnc(NS(=O)(=O)c4cc(C(C)(C)C)ccc4C)c23)cc1. The molecule has 0 saturated carbocycles.